The standard InChI is InChI=1S/C71H76Cl3NO15S2/c1-47(2)67(78)82-39-8-10-65(76)88-60(27-14-50-12-21-54(72)22-13-50)42-85-57-28-15-51(16-29-57)71(7,52-17-30-58(31-18-52)86-43-61(45-91-63-34-23-55(73)24-35-63)89-66(77)11-9-40-83-68(79)48(3)4)53-19-32-59(33-20-53)87-44-62(46-92-64-36-25-56(74)26-37-64)90-70(81)75-38-41-84-69(80)49(5)6/h12-13,15-26,28-37,60-62H,1,3,5,8-11,14,27,38-46H2,2,4,6-7H3,(H,75,81). The molecule has 6 aromatic rings. The minimum absolute atomic E-state index is 0.000811. The predicted octanol–water partition coefficient (Wildman–Crippen LogP) is 15.2. The monoisotopic (exact) mass is 1350 g/mol. The summed E-state index contributed by atoms with van der Waals surface area (Å²) in [5, 5.41) is 4.42. The normalized spacial score (nSPS) is 12.5. The van der Waals surface area contributed by atoms with Crippen LogP contribution in [0.4, 0.5) is 4.79 Å². The lowest BCUT2D eigenvalue weighted by Crippen LogP contribution is -2.35. The number of thioether (sulfide) groups is 2. The van der Waals surface area contributed by atoms with E-state index in [1.54, 1.807) is 38.1 Å². The van der Waals surface area contributed by atoms with Gasteiger partial charge in [0, 0.05) is 71.3 Å². The quantitative estimate of drug-likeness (QED) is 0.00958. The molecule has 1 N–H and O–H groups in total. The highest BCUT2D eigenvalue weighted by Crippen LogP contribution is 2.41. The van der Waals surface area contributed by atoms with E-state index in [0.29, 0.717) is 56.7 Å². The first kappa shape index (κ1) is 73.2. The van der Waals surface area contributed by atoms with Crippen molar-refractivity contribution in [1.82, 2.24) is 5.32 Å². The molecule has 0 aliphatic rings. The van der Waals surface area contributed by atoms with Crippen LogP contribution in [-0.2, 0) is 64.2 Å². The highest BCUT2D eigenvalue weighted by molar-refractivity contribution is 7.99. The van der Waals surface area contributed by atoms with E-state index < -0.39 is 59.7 Å². The molecule has 0 spiro atoms. The predicted molar refractivity (Wildman–Crippen MR) is 359 cm³/mol. The van der Waals surface area contributed by atoms with E-state index >= 15 is 0 Å². The number of aryl methyl sites for hydroxylation is 1. The Balaban J connectivity index is 1.22. The van der Waals surface area contributed by atoms with Crippen LogP contribution < -0.4 is 19.5 Å². The van der Waals surface area contributed by atoms with Crippen molar-refractivity contribution in [2.75, 3.05) is 57.7 Å². The lowest BCUT2D eigenvalue weighted by molar-refractivity contribution is -0.152. The molecule has 4 unspecified atom stereocenters. The van der Waals surface area contributed by atoms with Crippen molar-refractivity contribution in [3.63, 3.8) is 0 Å². The Morgan fingerprint density at radius 3 is 1.21 bits per heavy atom. The zero-order chi connectivity index (χ0) is 66.4. The van der Waals surface area contributed by atoms with Crippen molar-refractivity contribution in [1.29, 1.82) is 0 Å². The molecule has 0 fully saturated rings. The lowest BCUT2D eigenvalue weighted by Gasteiger charge is -2.32. The molecule has 16 nitrogen and oxygen atoms in total. The van der Waals surface area contributed by atoms with Gasteiger partial charge < -0.3 is 47.9 Å². The molecule has 0 bridgehead atoms. The fourth-order valence-electron chi connectivity index (χ4n) is 8.66. The van der Waals surface area contributed by atoms with E-state index in [1.165, 1.54) is 30.4 Å². The molecule has 0 aliphatic carbocycles. The maximum Gasteiger partial charge on any atom is 0.407 e. The van der Waals surface area contributed by atoms with Gasteiger partial charge in [-0.15, -0.1) is 23.5 Å². The Labute approximate surface area is 561 Å². The summed E-state index contributed by atoms with van der Waals surface area (Å²) in [6.07, 6.45) is -1.07. The smallest absolute Gasteiger partial charge is 0.407 e. The van der Waals surface area contributed by atoms with Gasteiger partial charge in [-0.2, -0.15) is 0 Å². The van der Waals surface area contributed by atoms with Crippen LogP contribution in [-0.4, -0.2) is 112 Å². The highest BCUT2D eigenvalue weighted by atomic mass is 35.5. The van der Waals surface area contributed by atoms with Gasteiger partial charge in [-0.05, 0) is 173 Å². The zero-order valence-corrected chi connectivity index (χ0v) is 55.8. The molecule has 0 aromatic heterocycles. The van der Waals surface area contributed by atoms with Gasteiger partial charge in [-0.1, -0.05) is 103 Å². The van der Waals surface area contributed by atoms with Crippen molar-refractivity contribution >= 4 is 94.3 Å². The van der Waals surface area contributed by atoms with Crippen molar-refractivity contribution in [2.24, 2.45) is 0 Å². The van der Waals surface area contributed by atoms with Crippen molar-refractivity contribution in [3.05, 3.63) is 219 Å². The number of hydrogen-bond acceptors (Lipinski definition) is 17. The summed E-state index contributed by atoms with van der Waals surface area (Å²) in [6.45, 7) is 17.6. The molecule has 488 valence electrons. The van der Waals surface area contributed by atoms with Crippen LogP contribution >= 0.6 is 58.3 Å². The molecule has 0 radical (unpaired) electrons. The Morgan fingerprint density at radius 1 is 0.467 bits per heavy atom. The molecule has 6 aromatic carbocycles. The molecule has 0 saturated carbocycles. The van der Waals surface area contributed by atoms with Gasteiger partial charge in [0.25, 0.3) is 0 Å². The van der Waals surface area contributed by atoms with Crippen molar-refractivity contribution < 1.29 is 71.4 Å². The summed E-state index contributed by atoms with van der Waals surface area (Å²) in [5.74, 6) is -0.260. The summed E-state index contributed by atoms with van der Waals surface area (Å²) in [6, 6.07) is 45.1. The fourth-order valence-corrected chi connectivity index (χ4v) is 10.8. The summed E-state index contributed by atoms with van der Waals surface area (Å²) < 4.78 is 52.2. The maximum atomic E-state index is 13.1. The van der Waals surface area contributed by atoms with Crippen molar-refractivity contribution in [2.45, 2.75) is 99.7 Å². The Bertz CT molecular complexity index is 3050. The second kappa shape index (κ2) is 38.2. The zero-order valence-electron chi connectivity index (χ0n) is 51.9. The third-order valence-electron chi connectivity index (χ3n) is 13.8. The number of benzene rings is 6. The number of carbonyl (C=O) groups is 6. The maximum absolute atomic E-state index is 13.1. The first-order chi connectivity index (χ1) is 44.1. The number of nitrogens with one attached hydrogen (secondary N) is 1. The number of ether oxygens (including phenoxy) is 9. The minimum atomic E-state index is -0.825. The molecule has 6 rings (SSSR count). The first-order valence-electron chi connectivity index (χ1n) is 29.7. The third-order valence-corrected chi connectivity index (χ3v) is 16.9. The van der Waals surface area contributed by atoms with E-state index in [1.807, 2.05) is 121 Å². The Kier molecular flexibility index (Phi) is 30.4. The molecule has 21 heteroatoms. The molecular formula is C71H76Cl3NO15S2. The number of hydrogen-bond donors (Lipinski definition) is 1. The van der Waals surface area contributed by atoms with E-state index in [4.69, 9.17) is 77.4 Å². The molecule has 0 heterocycles. The van der Waals surface area contributed by atoms with Crippen LogP contribution in [0.2, 0.25) is 15.1 Å². The number of halogens is 3. The van der Waals surface area contributed by atoms with Crippen LogP contribution in [0.15, 0.2) is 192 Å². The highest BCUT2D eigenvalue weighted by Gasteiger charge is 2.32. The molecule has 0 saturated heterocycles. The SMILES string of the molecule is C=C(C)C(=O)OCCCC(=O)OC(CCc1ccc(Cl)cc1)COc1ccc(C(C)(c2ccc(OCC(CSc3ccc(Cl)cc3)OC(=O)CCCOC(=O)C(=C)C)cc2)c2ccc(OCC(CSc3ccc(Cl)cc3)OC(=O)NCCOC(=O)C(=C)C)cc2)cc1. The number of alkyl carbamates (subject to hydrolysis) is 1. The Morgan fingerprint density at radius 2 is 0.815 bits per heavy atom. The average molecular weight is 1350 g/mol. The summed E-state index contributed by atoms with van der Waals surface area (Å²) in [5.41, 5.74) is 3.62. The average Bonchev–Trinajstić information content (AvgIpc) is 0.767. The van der Waals surface area contributed by atoms with Crippen LogP contribution in [0, 0.1) is 0 Å². The summed E-state index contributed by atoms with van der Waals surface area (Å²) in [4.78, 5) is 76.8. The van der Waals surface area contributed by atoms with Crippen LogP contribution in [0.5, 0.6) is 17.2 Å². The molecule has 0 aliphatic heterocycles. The molecule has 4 atom stereocenters. The topological polar surface area (TPSA) is 198 Å². The summed E-state index contributed by atoms with van der Waals surface area (Å²) >= 11 is 21.4. The van der Waals surface area contributed by atoms with Gasteiger partial charge in [0.1, 0.15) is 62.0 Å². The number of rotatable bonds is 38. The van der Waals surface area contributed by atoms with Crippen LogP contribution in [0.25, 0.3) is 0 Å². The van der Waals surface area contributed by atoms with Crippen LogP contribution in [0.1, 0.15) is 82.1 Å². The fraction of sp³-hybridized carbons (Fsp3) is 0.324. The van der Waals surface area contributed by atoms with Gasteiger partial charge in [-0.25, -0.2) is 19.2 Å². The van der Waals surface area contributed by atoms with Crippen LogP contribution in [0.3, 0.4) is 0 Å². The van der Waals surface area contributed by atoms with E-state index in [2.05, 4.69) is 32.0 Å². The lowest BCUT2D eigenvalue weighted by atomic mass is 9.71. The van der Waals surface area contributed by atoms with Gasteiger partial charge in [0.15, 0.2) is 0 Å². The second-order valence-corrected chi connectivity index (χ2v) is 25.0. The first-order valence-corrected chi connectivity index (χ1v) is 32.8. The van der Waals surface area contributed by atoms with Gasteiger partial charge in [0.2, 0.25) is 0 Å². The largest absolute Gasteiger partial charge is 0.490 e. The molecule has 92 heavy (non-hydrogen) atoms. The van der Waals surface area contributed by atoms with E-state index in [0.717, 1.165) is 32.0 Å². The molecule has 1 amide bonds. The van der Waals surface area contributed by atoms with Gasteiger partial charge in [0.05, 0.1) is 19.8 Å². The van der Waals surface area contributed by atoms with Gasteiger partial charge >= 0.3 is 35.9 Å². The minimum Gasteiger partial charge on any atom is -0.490 e. The van der Waals surface area contributed by atoms with Gasteiger partial charge in [-0.3, -0.25) is 9.59 Å². The second-order valence-electron chi connectivity index (χ2n) is 21.5. The number of carbonyl (C=O) groups excluding carboxylic acids is 6. The van der Waals surface area contributed by atoms with Crippen molar-refractivity contribution in [3.8, 4) is 17.2 Å². The number of amides is 1. The number of esters is 5. The summed E-state index contributed by atoms with van der Waals surface area (Å²) in [7, 11) is 0. The van der Waals surface area contributed by atoms with E-state index in [9.17, 15) is 28.8 Å². The Hall–Kier alpha value is -7.87. The third kappa shape index (κ3) is 25.7. The molecular weight excluding hydrogens is 1280 g/mol. The van der Waals surface area contributed by atoms with E-state index in [-0.39, 0.29) is 88.6 Å².